The summed E-state index contributed by atoms with van der Waals surface area (Å²) in [7, 11) is 1.82. The van der Waals surface area contributed by atoms with Crippen LogP contribution in [-0.2, 0) is 0 Å². The van der Waals surface area contributed by atoms with E-state index in [1.54, 1.807) is 12.4 Å². The molecule has 1 aromatic rings. The number of nitrogens with zero attached hydrogens (tertiary/aromatic N) is 5. The third-order valence-corrected chi connectivity index (χ3v) is 2.96. The highest BCUT2D eigenvalue weighted by molar-refractivity contribution is 5.80. The third kappa shape index (κ3) is 2.88. The summed E-state index contributed by atoms with van der Waals surface area (Å²) in [4.78, 5) is 17.3. The van der Waals surface area contributed by atoms with Crippen LogP contribution in [0.2, 0.25) is 0 Å². The largest absolute Gasteiger partial charge is 0.357 e. The second kappa shape index (κ2) is 6.18. The number of rotatable bonds is 2. The third-order valence-electron chi connectivity index (χ3n) is 2.96. The minimum Gasteiger partial charge on any atom is -0.357 e. The van der Waals surface area contributed by atoms with E-state index >= 15 is 0 Å². The van der Waals surface area contributed by atoms with Crippen LogP contribution in [0.5, 0.6) is 0 Å². The molecular weight excluding hydrogens is 228 g/mol. The van der Waals surface area contributed by atoms with Gasteiger partial charge in [0.1, 0.15) is 0 Å². The molecule has 1 saturated heterocycles. The van der Waals surface area contributed by atoms with E-state index in [0.717, 1.165) is 44.6 Å². The van der Waals surface area contributed by atoms with Crippen LogP contribution < -0.4 is 10.2 Å². The van der Waals surface area contributed by atoms with Crippen molar-refractivity contribution >= 4 is 11.9 Å². The van der Waals surface area contributed by atoms with Gasteiger partial charge in [0.2, 0.25) is 5.95 Å². The number of guanidine groups is 1. The lowest BCUT2D eigenvalue weighted by Gasteiger charge is -2.36. The molecule has 0 aromatic carbocycles. The maximum absolute atomic E-state index is 4.28. The Hall–Kier alpha value is -1.85. The van der Waals surface area contributed by atoms with Crippen molar-refractivity contribution in [1.29, 1.82) is 0 Å². The summed E-state index contributed by atoms with van der Waals surface area (Å²) in [5, 5.41) is 3.28. The zero-order chi connectivity index (χ0) is 12.8. The van der Waals surface area contributed by atoms with Crippen LogP contribution in [0.1, 0.15) is 6.92 Å². The Morgan fingerprint density at radius 3 is 2.50 bits per heavy atom. The highest BCUT2D eigenvalue weighted by atomic mass is 15.4. The molecule has 6 nitrogen and oxygen atoms in total. The molecule has 0 atom stereocenters. The molecule has 1 aromatic heterocycles. The fraction of sp³-hybridized carbons (Fsp3) is 0.583. The SMILES string of the molecule is CCNC(=NC)N1CCN(c2ncccn2)CC1. The topological polar surface area (TPSA) is 56.7 Å². The fourth-order valence-electron chi connectivity index (χ4n) is 2.06. The Morgan fingerprint density at radius 1 is 1.28 bits per heavy atom. The van der Waals surface area contributed by atoms with Gasteiger partial charge in [0, 0.05) is 52.2 Å². The number of aromatic nitrogens is 2. The number of anilines is 1. The van der Waals surface area contributed by atoms with Gasteiger partial charge in [0.15, 0.2) is 5.96 Å². The Balaban J connectivity index is 1.92. The summed E-state index contributed by atoms with van der Waals surface area (Å²) < 4.78 is 0. The zero-order valence-corrected chi connectivity index (χ0v) is 11.0. The maximum atomic E-state index is 4.28. The molecule has 0 unspecified atom stereocenters. The number of piperazine rings is 1. The van der Waals surface area contributed by atoms with Gasteiger partial charge in [-0.1, -0.05) is 0 Å². The highest BCUT2D eigenvalue weighted by Crippen LogP contribution is 2.09. The molecular formula is C12H20N6. The van der Waals surface area contributed by atoms with Crippen LogP contribution in [0.3, 0.4) is 0 Å². The molecule has 0 spiro atoms. The molecule has 1 aliphatic rings. The van der Waals surface area contributed by atoms with E-state index < -0.39 is 0 Å². The van der Waals surface area contributed by atoms with Gasteiger partial charge in [0.05, 0.1) is 0 Å². The number of hydrogen-bond acceptors (Lipinski definition) is 4. The first-order valence-electron chi connectivity index (χ1n) is 6.32. The second-order valence-corrected chi connectivity index (χ2v) is 4.10. The zero-order valence-electron chi connectivity index (χ0n) is 11.0. The van der Waals surface area contributed by atoms with Gasteiger partial charge in [-0.25, -0.2) is 9.97 Å². The van der Waals surface area contributed by atoms with Gasteiger partial charge in [0.25, 0.3) is 0 Å². The van der Waals surface area contributed by atoms with E-state index in [9.17, 15) is 0 Å². The van der Waals surface area contributed by atoms with Crippen molar-refractivity contribution in [2.45, 2.75) is 6.92 Å². The van der Waals surface area contributed by atoms with Crippen molar-refractivity contribution in [1.82, 2.24) is 20.2 Å². The van der Waals surface area contributed by atoms with Crippen molar-refractivity contribution in [3.05, 3.63) is 18.5 Å². The van der Waals surface area contributed by atoms with E-state index in [1.807, 2.05) is 13.1 Å². The summed E-state index contributed by atoms with van der Waals surface area (Å²) in [6, 6.07) is 1.84. The summed E-state index contributed by atoms with van der Waals surface area (Å²) in [6.07, 6.45) is 3.57. The quantitative estimate of drug-likeness (QED) is 0.598. The molecule has 98 valence electrons. The molecule has 1 fully saturated rings. The lowest BCUT2D eigenvalue weighted by Crippen LogP contribution is -2.52. The summed E-state index contributed by atoms with van der Waals surface area (Å²) in [5.74, 6) is 1.79. The van der Waals surface area contributed by atoms with E-state index in [1.165, 1.54) is 0 Å². The molecule has 0 amide bonds. The van der Waals surface area contributed by atoms with Gasteiger partial charge < -0.3 is 15.1 Å². The standard InChI is InChI=1S/C12H20N6/c1-3-14-11(13-2)17-7-9-18(10-8-17)12-15-5-4-6-16-12/h4-6H,3,7-10H2,1-2H3,(H,13,14). The Kier molecular flexibility index (Phi) is 4.33. The van der Waals surface area contributed by atoms with Crippen molar-refractivity contribution < 1.29 is 0 Å². The molecule has 2 rings (SSSR count). The van der Waals surface area contributed by atoms with Gasteiger partial charge in [-0.3, -0.25) is 4.99 Å². The fourth-order valence-corrected chi connectivity index (χ4v) is 2.06. The maximum Gasteiger partial charge on any atom is 0.225 e. The summed E-state index contributed by atoms with van der Waals surface area (Å²) >= 11 is 0. The van der Waals surface area contributed by atoms with E-state index in [4.69, 9.17) is 0 Å². The Bertz CT molecular complexity index is 383. The molecule has 2 heterocycles. The molecule has 0 bridgehead atoms. The van der Waals surface area contributed by atoms with Crippen molar-refractivity contribution in [2.24, 2.45) is 4.99 Å². The van der Waals surface area contributed by atoms with Gasteiger partial charge in [-0.05, 0) is 13.0 Å². The normalized spacial score (nSPS) is 16.9. The van der Waals surface area contributed by atoms with Crippen LogP contribution >= 0.6 is 0 Å². The number of aliphatic imine (C=N–C) groups is 1. The van der Waals surface area contributed by atoms with Crippen LogP contribution in [-0.4, -0.2) is 60.6 Å². The van der Waals surface area contributed by atoms with Gasteiger partial charge in [-0.2, -0.15) is 0 Å². The van der Waals surface area contributed by atoms with Crippen LogP contribution in [0, 0.1) is 0 Å². The van der Waals surface area contributed by atoms with Crippen LogP contribution in [0.4, 0.5) is 5.95 Å². The van der Waals surface area contributed by atoms with E-state index in [0.29, 0.717) is 0 Å². The highest BCUT2D eigenvalue weighted by Gasteiger charge is 2.20. The van der Waals surface area contributed by atoms with Crippen molar-refractivity contribution in [2.75, 3.05) is 44.7 Å². The molecule has 1 aliphatic heterocycles. The first-order chi connectivity index (χ1) is 8.85. The summed E-state index contributed by atoms with van der Waals surface area (Å²) in [6.45, 7) is 6.71. The monoisotopic (exact) mass is 248 g/mol. The van der Waals surface area contributed by atoms with Crippen molar-refractivity contribution in [3.63, 3.8) is 0 Å². The average molecular weight is 248 g/mol. The van der Waals surface area contributed by atoms with Crippen LogP contribution in [0.15, 0.2) is 23.5 Å². The predicted molar refractivity (Wildman–Crippen MR) is 72.9 cm³/mol. The number of nitrogens with one attached hydrogen (secondary N) is 1. The molecule has 1 N–H and O–H groups in total. The smallest absolute Gasteiger partial charge is 0.225 e. The van der Waals surface area contributed by atoms with Crippen molar-refractivity contribution in [3.8, 4) is 0 Å². The lowest BCUT2D eigenvalue weighted by molar-refractivity contribution is 0.371. The predicted octanol–water partition coefficient (Wildman–Crippen LogP) is 0.194. The molecule has 6 heteroatoms. The minimum absolute atomic E-state index is 0.815. The first-order valence-corrected chi connectivity index (χ1v) is 6.32. The lowest BCUT2D eigenvalue weighted by atomic mass is 10.3. The number of hydrogen-bond donors (Lipinski definition) is 1. The van der Waals surface area contributed by atoms with Crippen LogP contribution in [0.25, 0.3) is 0 Å². The van der Waals surface area contributed by atoms with E-state index in [-0.39, 0.29) is 0 Å². The van der Waals surface area contributed by atoms with Gasteiger partial charge in [-0.15, -0.1) is 0 Å². The molecule has 18 heavy (non-hydrogen) atoms. The Labute approximate surface area is 108 Å². The van der Waals surface area contributed by atoms with Gasteiger partial charge >= 0.3 is 0 Å². The Morgan fingerprint density at radius 2 is 1.94 bits per heavy atom. The second-order valence-electron chi connectivity index (χ2n) is 4.10. The first kappa shape index (κ1) is 12.6. The van der Waals surface area contributed by atoms with E-state index in [2.05, 4.69) is 37.0 Å². The molecule has 0 radical (unpaired) electrons. The molecule has 0 saturated carbocycles. The molecule has 0 aliphatic carbocycles. The average Bonchev–Trinajstić information content (AvgIpc) is 2.46. The summed E-state index contributed by atoms with van der Waals surface area (Å²) in [5.41, 5.74) is 0. The minimum atomic E-state index is 0.815.